The number of quaternary nitrogens is 1. The molecule has 3 unspecified atom stereocenters. The molecule has 0 bridgehead atoms. The van der Waals surface area contributed by atoms with Crippen molar-refractivity contribution in [1.29, 1.82) is 5.26 Å². The van der Waals surface area contributed by atoms with E-state index in [1.165, 1.54) is 36.1 Å². The summed E-state index contributed by atoms with van der Waals surface area (Å²) in [4.78, 5) is 0. The molecule has 3 atom stereocenters. The first-order valence-electron chi connectivity index (χ1n) is 9.53. The molecule has 1 aromatic carbocycles. The van der Waals surface area contributed by atoms with Crippen LogP contribution in [0.2, 0.25) is 0 Å². The highest BCUT2D eigenvalue weighted by atomic mass is 15.4. The van der Waals surface area contributed by atoms with Crippen LogP contribution in [0.3, 0.4) is 0 Å². The minimum absolute atomic E-state index is 0.488. The number of nitrogens with zero attached hydrogens (tertiary/aromatic N) is 2. The van der Waals surface area contributed by atoms with Crippen LogP contribution in [0.5, 0.6) is 0 Å². The van der Waals surface area contributed by atoms with Crippen LogP contribution in [0.15, 0.2) is 59.8 Å². The van der Waals surface area contributed by atoms with Gasteiger partial charge in [-0.15, -0.1) is 6.42 Å². The Hall–Kier alpha value is -2.81. The van der Waals surface area contributed by atoms with Crippen molar-refractivity contribution in [2.75, 3.05) is 7.05 Å². The standard InChI is InChI=1S/C25H27N2/c1-6-19(17-26)15-20-12-14-25-23(16-20)22-9-8-10-24(22)27(25,5)21(7-2)13-11-18(3)4/h2,6,11-16,22,24H,1,8-10H2,3-5H3/q+1. The maximum atomic E-state index is 9.19. The molecule has 1 aliphatic heterocycles. The van der Waals surface area contributed by atoms with Crippen LogP contribution in [0.4, 0.5) is 5.69 Å². The van der Waals surface area contributed by atoms with Gasteiger partial charge in [0.25, 0.3) is 0 Å². The van der Waals surface area contributed by atoms with Crippen LogP contribution >= 0.6 is 0 Å². The highest BCUT2D eigenvalue weighted by Gasteiger charge is 2.54. The zero-order chi connectivity index (χ0) is 19.6. The molecule has 1 fully saturated rings. The average molecular weight is 356 g/mol. The molecule has 0 N–H and O–H groups in total. The van der Waals surface area contributed by atoms with Crippen LogP contribution in [0.25, 0.3) is 6.08 Å². The first-order chi connectivity index (χ1) is 12.9. The molecule has 1 heterocycles. The van der Waals surface area contributed by atoms with Gasteiger partial charge in [-0.1, -0.05) is 24.3 Å². The van der Waals surface area contributed by atoms with Crippen LogP contribution in [-0.4, -0.2) is 13.1 Å². The number of rotatable bonds is 4. The maximum absolute atomic E-state index is 9.19. The topological polar surface area (TPSA) is 23.8 Å². The van der Waals surface area contributed by atoms with E-state index in [-0.39, 0.29) is 0 Å². The van der Waals surface area contributed by atoms with Gasteiger partial charge in [0.2, 0.25) is 0 Å². The molecule has 2 aliphatic rings. The lowest BCUT2D eigenvalue weighted by molar-refractivity contribution is 0.324. The number of hydrogen-bond donors (Lipinski definition) is 0. The van der Waals surface area contributed by atoms with Crippen molar-refractivity contribution in [2.45, 2.75) is 45.1 Å². The van der Waals surface area contributed by atoms with Gasteiger partial charge in [0, 0.05) is 30.0 Å². The first-order valence-corrected chi connectivity index (χ1v) is 9.53. The first kappa shape index (κ1) is 19.0. The Bertz CT molecular complexity index is 942. The fourth-order valence-corrected chi connectivity index (χ4v) is 4.69. The van der Waals surface area contributed by atoms with Crippen LogP contribution < -0.4 is 4.48 Å². The minimum atomic E-state index is 0.488. The van der Waals surface area contributed by atoms with Crippen molar-refractivity contribution >= 4 is 11.8 Å². The number of nitriles is 1. The van der Waals surface area contributed by atoms with E-state index in [2.05, 4.69) is 69.8 Å². The molecular formula is C25H27N2+. The van der Waals surface area contributed by atoms with Crippen molar-refractivity contribution in [3.63, 3.8) is 0 Å². The second-order valence-corrected chi connectivity index (χ2v) is 7.85. The van der Waals surface area contributed by atoms with E-state index < -0.39 is 0 Å². The maximum Gasteiger partial charge on any atom is 0.188 e. The molecule has 136 valence electrons. The lowest BCUT2D eigenvalue weighted by Gasteiger charge is -2.35. The Kier molecular flexibility index (Phi) is 5.22. The van der Waals surface area contributed by atoms with Crippen molar-refractivity contribution in [2.24, 2.45) is 0 Å². The molecule has 27 heavy (non-hydrogen) atoms. The summed E-state index contributed by atoms with van der Waals surface area (Å²) in [6, 6.07) is 9.21. The average Bonchev–Trinajstić information content (AvgIpc) is 3.23. The number of hydrogen-bond acceptors (Lipinski definition) is 1. The predicted octanol–water partition coefficient (Wildman–Crippen LogP) is 5.85. The van der Waals surface area contributed by atoms with Crippen molar-refractivity contribution in [3.05, 3.63) is 71.0 Å². The Morgan fingerprint density at radius 1 is 1.30 bits per heavy atom. The van der Waals surface area contributed by atoms with Crippen molar-refractivity contribution < 1.29 is 0 Å². The number of benzene rings is 1. The highest BCUT2D eigenvalue weighted by Crippen LogP contribution is 2.54. The van der Waals surface area contributed by atoms with E-state index in [1.807, 2.05) is 6.08 Å². The Labute approximate surface area is 163 Å². The second-order valence-electron chi connectivity index (χ2n) is 7.85. The van der Waals surface area contributed by atoms with Gasteiger partial charge < -0.3 is 0 Å². The van der Waals surface area contributed by atoms with E-state index in [0.29, 0.717) is 22.0 Å². The van der Waals surface area contributed by atoms with Gasteiger partial charge >= 0.3 is 0 Å². The van der Waals surface area contributed by atoms with Gasteiger partial charge in [0.1, 0.15) is 11.7 Å². The summed E-state index contributed by atoms with van der Waals surface area (Å²) in [5, 5.41) is 9.19. The van der Waals surface area contributed by atoms with E-state index in [0.717, 1.165) is 11.3 Å². The summed E-state index contributed by atoms with van der Waals surface area (Å²) in [6.45, 7) is 7.90. The van der Waals surface area contributed by atoms with Gasteiger partial charge in [0.15, 0.2) is 5.70 Å². The van der Waals surface area contributed by atoms with Gasteiger partial charge in [-0.2, -0.15) is 5.26 Å². The van der Waals surface area contributed by atoms with Gasteiger partial charge in [-0.25, -0.2) is 0 Å². The summed E-state index contributed by atoms with van der Waals surface area (Å²) in [5.41, 5.74) is 6.57. The van der Waals surface area contributed by atoms with Gasteiger partial charge in [0.05, 0.1) is 18.7 Å². The summed E-state index contributed by atoms with van der Waals surface area (Å²) in [7, 11) is 2.26. The zero-order valence-corrected chi connectivity index (χ0v) is 16.5. The van der Waals surface area contributed by atoms with Crippen molar-refractivity contribution in [1.82, 2.24) is 4.48 Å². The molecule has 2 nitrogen and oxygen atoms in total. The third kappa shape index (κ3) is 3.18. The normalized spacial score (nSPS) is 26.6. The smallest absolute Gasteiger partial charge is 0.188 e. The fourth-order valence-electron chi connectivity index (χ4n) is 4.69. The van der Waals surface area contributed by atoms with Gasteiger partial charge in [-0.05, 0) is 56.4 Å². The molecule has 1 aromatic rings. The quantitative estimate of drug-likeness (QED) is 0.288. The van der Waals surface area contributed by atoms with Crippen LogP contribution in [0, 0.1) is 23.7 Å². The molecule has 0 radical (unpaired) electrons. The molecule has 3 rings (SSSR count). The largest absolute Gasteiger partial charge is 0.251 e. The molecule has 0 aromatic heterocycles. The molecule has 2 heteroatoms. The number of likely N-dealkylation sites (N-methyl/N-ethyl adjacent to an activating group) is 1. The monoisotopic (exact) mass is 355 g/mol. The molecule has 1 saturated carbocycles. The van der Waals surface area contributed by atoms with E-state index in [4.69, 9.17) is 6.42 Å². The zero-order valence-electron chi connectivity index (χ0n) is 16.5. The Morgan fingerprint density at radius 3 is 2.70 bits per heavy atom. The summed E-state index contributed by atoms with van der Waals surface area (Å²) < 4.78 is 0.705. The summed E-state index contributed by atoms with van der Waals surface area (Å²) in [5.74, 6) is 3.50. The fraction of sp³-hybridized carbons (Fsp3) is 0.320. The Balaban J connectivity index is 2.16. The van der Waals surface area contributed by atoms with Gasteiger partial charge in [-0.3, -0.25) is 4.48 Å². The van der Waals surface area contributed by atoms with Crippen LogP contribution in [0.1, 0.15) is 50.2 Å². The second kappa shape index (κ2) is 7.43. The highest BCUT2D eigenvalue weighted by molar-refractivity contribution is 5.70. The number of fused-ring (bicyclic) bond motifs is 3. The molecule has 0 amide bonds. The lowest BCUT2D eigenvalue weighted by atomic mass is 9.95. The molecule has 0 saturated heterocycles. The lowest BCUT2D eigenvalue weighted by Crippen LogP contribution is -2.49. The molecule has 0 spiro atoms. The van der Waals surface area contributed by atoms with E-state index in [1.54, 1.807) is 6.08 Å². The third-order valence-electron chi connectivity index (χ3n) is 5.99. The minimum Gasteiger partial charge on any atom is -0.251 e. The van der Waals surface area contributed by atoms with E-state index >= 15 is 0 Å². The molecular weight excluding hydrogens is 328 g/mol. The van der Waals surface area contributed by atoms with Crippen LogP contribution in [-0.2, 0) is 0 Å². The summed E-state index contributed by atoms with van der Waals surface area (Å²) in [6.07, 6.45) is 17.3. The third-order valence-corrected chi connectivity index (χ3v) is 5.99. The van der Waals surface area contributed by atoms with Crippen molar-refractivity contribution in [3.8, 4) is 18.4 Å². The Morgan fingerprint density at radius 2 is 2.07 bits per heavy atom. The number of terminal acetylenes is 1. The SMILES string of the molecule is C#CC(=CC=C(C)C)[N+]1(C)c2ccc(C=C(C#N)C=C)cc2C2CCCC21. The number of allylic oxidation sites excluding steroid dienone is 6. The molecule has 1 aliphatic carbocycles. The van der Waals surface area contributed by atoms with E-state index in [9.17, 15) is 5.26 Å². The summed E-state index contributed by atoms with van der Waals surface area (Å²) >= 11 is 0. The predicted molar refractivity (Wildman–Crippen MR) is 115 cm³/mol.